The molecular formula is C28H31N3O4S. The summed E-state index contributed by atoms with van der Waals surface area (Å²) in [5, 5.41) is 0. The van der Waals surface area contributed by atoms with Crippen molar-refractivity contribution < 1.29 is 18.0 Å². The third-order valence-electron chi connectivity index (χ3n) is 6.29. The second kappa shape index (κ2) is 10.6. The maximum absolute atomic E-state index is 13.4. The van der Waals surface area contributed by atoms with E-state index in [1.54, 1.807) is 53.4 Å². The minimum absolute atomic E-state index is 0.162. The number of nitrogens with zero attached hydrogens (tertiary/aromatic N) is 2. The van der Waals surface area contributed by atoms with Gasteiger partial charge in [0.1, 0.15) is 0 Å². The lowest BCUT2D eigenvalue weighted by atomic mass is 10.1. The Bertz CT molecular complexity index is 1370. The van der Waals surface area contributed by atoms with Crippen LogP contribution in [0.5, 0.6) is 0 Å². The van der Waals surface area contributed by atoms with Gasteiger partial charge < -0.3 is 10.6 Å². The van der Waals surface area contributed by atoms with Crippen molar-refractivity contribution in [1.29, 1.82) is 0 Å². The smallest absolute Gasteiger partial charge is 0.258 e. The third kappa shape index (κ3) is 5.66. The van der Waals surface area contributed by atoms with Crippen LogP contribution in [0.1, 0.15) is 42.6 Å². The molecule has 7 nitrogen and oxygen atoms in total. The average molecular weight is 506 g/mol. The van der Waals surface area contributed by atoms with Crippen LogP contribution in [-0.2, 0) is 21.2 Å². The van der Waals surface area contributed by atoms with Crippen LogP contribution in [0.15, 0.2) is 77.7 Å². The van der Waals surface area contributed by atoms with Crippen LogP contribution in [0.3, 0.4) is 0 Å². The fourth-order valence-corrected chi connectivity index (χ4v) is 5.93. The van der Waals surface area contributed by atoms with Gasteiger partial charge in [0.15, 0.2) is 9.84 Å². The Kier molecular flexibility index (Phi) is 7.56. The summed E-state index contributed by atoms with van der Waals surface area (Å²) in [5.41, 5.74) is 8.93. The first kappa shape index (κ1) is 25.6. The van der Waals surface area contributed by atoms with Gasteiger partial charge in [-0.3, -0.25) is 14.5 Å². The molecule has 1 aliphatic rings. The quantitative estimate of drug-likeness (QED) is 0.455. The number of carbonyl (C=O) groups excluding carboxylic acids is 2. The Hall–Kier alpha value is -3.49. The molecule has 36 heavy (non-hydrogen) atoms. The van der Waals surface area contributed by atoms with Gasteiger partial charge in [-0.05, 0) is 85.8 Å². The largest absolute Gasteiger partial charge is 0.326 e. The lowest BCUT2D eigenvalue weighted by Gasteiger charge is -2.24. The average Bonchev–Trinajstić information content (AvgIpc) is 3.68. The molecule has 4 rings (SSSR count). The van der Waals surface area contributed by atoms with E-state index in [-0.39, 0.29) is 28.4 Å². The molecule has 2 N–H and O–H groups in total. The van der Waals surface area contributed by atoms with Gasteiger partial charge in [0.25, 0.3) is 5.91 Å². The maximum Gasteiger partial charge on any atom is 0.258 e. The van der Waals surface area contributed by atoms with E-state index >= 15 is 0 Å². The van der Waals surface area contributed by atoms with E-state index in [0.29, 0.717) is 30.0 Å². The van der Waals surface area contributed by atoms with Crippen molar-refractivity contribution >= 4 is 38.7 Å². The van der Waals surface area contributed by atoms with E-state index < -0.39 is 9.84 Å². The second-order valence-corrected chi connectivity index (χ2v) is 11.1. The van der Waals surface area contributed by atoms with Crippen molar-refractivity contribution in [2.75, 3.05) is 22.1 Å². The van der Waals surface area contributed by atoms with Crippen molar-refractivity contribution in [2.45, 2.75) is 38.1 Å². The number of sulfone groups is 1. The summed E-state index contributed by atoms with van der Waals surface area (Å²) in [4.78, 5) is 29.5. The summed E-state index contributed by atoms with van der Waals surface area (Å²) in [6.07, 6.45) is 1.91. The lowest BCUT2D eigenvalue weighted by Crippen LogP contribution is -2.31. The number of hydrogen-bond acceptors (Lipinski definition) is 5. The van der Waals surface area contributed by atoms with Gasteiger partial charge in [-0.1, -0.05) is 18.2 Å². The van der Waals surface area contributed by atoms with Crippen LogP contribution in [0.25, 0.3) is 0 Å². The molecular weight excluding hydrogens is 474 g/mol. The number of rotatable bonds is 9. The molecule has 8 heteroatoms. The molecule has 2 amide bonds. The molecule has 1 saturated carbocycles. The molecule has 0 heterocycles. The lowest BCUT2D eigenvalue weighted by molar-refractivity contribution is -0.115. The first-order chi connectivity index (χ1) is 17.2. The highest BCUT2D eigenvalue weighted by Gasteiger charge is 2.29. The van der Waals surface area contributed by atoms with E-state index in [9.17, 15) is 18.0 Å². The van der Waals surface area contributed by atoms with Gasteiger partial charge in [0.05, 0.1) is 10.6 Å². The monoisotopic (exact) mass is 505 g/mol. The van der Waals surface area contributed by atoms with Crippen LogP contribution < -0.4 is 15.5 Å². The number of amides is 2. The molecule has 0 atom stereocenters. The van der Waals surface area contributed by atoms with Crippen LogP contribution in [-0.4, -0.2) is 32.5 Å². The Labute approximate surface area is 212 Å². The highest BCUT2D eigenvalue weighted by Crippen LogP contribution is 2.33. The maximum atomic E-state index is 13.4. The Morgan fingerprint density at radius 2 is 1.58 bits per heavy atom. The first-order valence-corrected chi connectivity index (χ1v) is 13.7. The Morgan fingerprint density at radius 3 is 2.19 bits per heavy atom. The molecule has 0 spiro atoms. The first-order valence-electron chi connectivity index (χ1n) is 12.1. The highest BCUT2D eigenvalue weighted by atomic mass is 32.2. The molecule has 0 aromatic heterocycles. The summed E-state index contributed by atoms with van der Waals surface area (Å²) in [6.45, 7) is 4.17. The molecule has 0 bridgehead atoms. The van der Waals surface area contributed by atoms with Crippen molar-refractivity contribution in [3.8, 4) is 0 Å². The predicted molar refractivity (Wildman–Crippen MR) is 142 cm³/mol. The summed E-state index contributed by atoms with van der Waals surface area (Å²) in [7, 11) is -3.35. The van der Waals surface area contributed by atoms with Gasteiger partial charge in [-0.2, -0.15) is 0 Å². The SMILES string of the molecule is CCN(C(=O)c1cccc(N(C(C)=O)c2ccc(S(=O)(=O)CC3CC3)cc2)c1)c1cccc(CN)c1. The van der Waals surface area contributed by atoms with E-state index in [1.165, 1.54) is 11.8 Å². The predicted octanol–water partition coefficient (Wildman–Crippen LogP) is 4.68. The number of benzene rings is 3. The fourth-order valence-electron chi connectivity index (χ4n) is 4.23. The Morgan fingerprint density at radius 1 is 0.917 bits per heavy atom. The summed E-state index contributed by atoms with van der Waals surface area (Å²) in [5.74, 6) is -0.0338. The van der Waals surface area contributed by atoms with Gasteiger partial charge >= 0.3 is 0 Å². The van der Waals surface area contributed by atoms with E-state index in [1.807, 2.05) is 31.2 Å². The van der Waals surface area contributed by atoms with E-state index in [0.717, 1.165) is 24.1 Å². The number of nitrogens with two attached hydrogens (primary N) is 1. The summed E-state index contributed by atoms with van der Waals surface area (Å²) in [6, 6.07) is 20.8. The van der Waals surface area contributed by atoms with Crippen molar-refractivity contribution in [2.24, 2.45) is 11.7 Å². The van der Waals surface area contributed by atoms with Gasteiger partial charge in [-0.15, -0.1) is 0 Å². The minimum atomic E-state index is -3.35. The molecule has 3 aromatic carbocycles. The molecule has 1 fully saturated rings. The van der Waals surface area contributed by atoms with Crippen molar-refractivity contribution in [3.63, 3.8) is 0 Å². The highest BCUT2D eigenvalue weighted by molar-refractivity contribution is 7.91. The standard InChI is InChI=1S/C28H31N3O4S/c1-3-30(25-8-4-6-22(16-25)18-29)28(33)23-7-5-9-26(17-23)31(20(2)32)24-12-14-27(15-13-24)36(34,35)19-21-10-11-21/h4-9,12-17,21H,3,10-11,18-19,29H2,1-2H3. The third-order valence-corrected chi connectivity index (χ3v) is 8.19. The van der Waals surface area contributed by atoms with Gasteiger partial charge in [-0.25, -0.2) is 8.42 Å². The van der Waals surface area contributed by atoms with E-state index in [2.05, 4.69) is 0 Å². The normalized spacial score (nSPS) is 13.3. The zero-order chi connectivity index (χ0) is 25.9. The Balaban J connectivity index is 1.62. The molecule has 0 aliphatic heterocycles. The molecule has 0 unspecified atom stereocenters. The number of anilines is 3. The fraction of sp³-hybridized carbons (Fsp3) is 0.286. The van der Waals surface area contributed by atoms with Crippen LogP contribution in [0.4, 0.5) is 17.1 Å². The van der Waals surface area contributed by atoms with Gasteiger partial charge in [0, 0.05) is 42.6 Å². The second-order valence-electron chi connectivity index (χ2n) is 9.05. The topological polar surface area (TPSA) is 101 Å². The van der Waals surface area contributed by atoms with Crippen molar-refractivity contribution in [3.05, 3.63) is 83.9 Å². The van der Waals surface area contributed by atoms with E-state index in [4.69, 9.17) is 5.73 Å². The van der Waals surface area contributed by atoms with Gasteiger partial charge in [0.2, 0.25) is 5.91 Å². The zero-order valence-corrected chi connectivity index (χ0v) is 21.4. The number of carbonyl (C=O) groups is 2. The molecule has 0 radical (unpaired) electrons. The van der Waals surface area contributed by atoms with Crippen LogP contribution in [0.2, 0.25) is 0 Å². The summed E-state index contributed by atoms with van der Waals surface area (Å²) < 4.78 is 25.2. The van der Waals surface area contributed by atoms with Crippen LogP contribution >= 0.6 is 0 Å². The molecule has 0 saturated heterocycles. The molecule has 188 valence electrons. The minimum Gasteiger partial charge on any atom is -0.326 e. The zero-order valence-electron chi connectivity index (χ0n) is 20.6. The summed E-state index contributed by atoms with van der Waals surface area (Å²) >= 11 is 0. The molecule has 1 aliphatic carbocycles. The van der Waals surface area contributed by atoms with Crippen LogP contribution in [0, 0.1) is 5.92 Å². The van der Waals surface area contributed by atoms with Crippen molar-refractivity contribution in [1.82, 2.24) is 0 Å². The number of hydrogen-bond donors (Lipinski definition) is 1. The molecule has 3 aromatic rings.